The van der Waals surface area contributed by atoms with E-state index in [0.29, 0.717) is 24.0 Å². The minimum absolute atomic E-state index is 0.0762. The number of anilines is 2. The highest BCUT2D eigenvalue weighted by Crippen LogP contribution is 2.42. The van der Waals surface area contributed by atoms with Gasteiger partial charge in [-0.2, -0.15) is 0 Å². The first-order valence-electron chi connectivity index (χ1n) is 11.4. The van der Waals surface area contributed by atoms with E-state index >= 15 is 0 Å². The fourth-order valence-electron chi connectivity index (χ4n) is 4.60. The molecule has 1 N–H and O–H groups in total. The van der Waals surface area contributed by atoms with Crippen LogP contribution >= 0.6 is 11.8 Å². The molecule has 164 valence electrons. The number of thioether (sulfide) groups is 1. The van der Waals surface area contributed by atoms with Gasteiger partial charge in [0.05, 0.1) is 5.75 Å². The third-order valence-corrected chi connectivity index (χ3v) is 7.63. The summed E-state index contributed by atoms with van der Waals surface area (Å²) in [5.41, 5.74) is 4.04. The molecule has 0 unspecified atom stereocenters. The molecule has 2 fully saturated rings. The minimum atomic E-state index is -0.0762. The average Bonchev–Trinajstić information content (AvgIpc) is 3.42. The molecule has 2 aromatic rings. The Balaban J connectivity index is 1.45. The zero-order chi connectivity index (χ0) is 21.8. The molecule has 2 amide bonds. The number of rotatable bonds is 7. The average molecular weight is 437 g/mol. The van der Waals surface area contributed by atoms with E-state index in [1.807, 2.05) is 41.3 Å². The van der Waals surface area contributed by atoms with E-state index in [9.17, 15) is 9.59 Å². The number of hydrogen-bond acceptors (Lipinski definition) is 3. The first kappa shape index (κ1) is 21.9. The molecule has 0 aromatic heterocycles. The van der Waals surface area contributed by atoms with E-state index in [1.54, 1.807) is 11.8 Å². The van der Waals surface area contributed by atoms with Crippen LogP contribution in [-0.4, -0.2) is 17.6 Å². The summed E-state index contributed by atoms with van der Waals surface area (Å²) >= 11 is 1.64. The van der Waals surface area contributed by atoms with Crippen LogP contribution in [0, 0.1) is 5.92 Å². The van der Waals surface area contributed by atoms with Gasteiger partial charge in [-0.3, -0.25) is 14.5 Å². The molecule has 0 bridgehead atoms. The molecule has 4 rings (SSSR count). The van der Waals surface area contributed by atoms with Gasteiger partial charge in [0.25, 0.3) is 0 Å². The van der Waals surface area contributed by atoms with Gasteiger partial charge in [-0.1, -0.05) is 63.8 Å². The third kappa shape index (κ3) is 5.32. The van der Waals surface area contributed by atoms with Gasteiger partial charge >= 0.3 is 0 Å². The monoisotopic (exact) mass is 436 g/mol. The summed E-state index contributed by atoms with van der Waals surface area (Å²) in [6, 6.07) is 16.2. The molecular formula is C26H32N2O2S. The van der Waals surface area contributed by atoms with Crippen LogP contribution in [0.4, 0.5) is 11.4 Å². The second-order valence-electron chi connectivity index (χ2n) is 9.04. The molecule has 1 aliphatic heterocycles. The van der Waals surface area contributed by atoms with Gasteiger partial charge in [0.2, 0.25) is 11.8 Å². The van der Waals surface area contributed by atoms with Gasteiger partial charge in [-0.25, -0.2) is 0 Å². The Kier molecular flexibility index (Phi) is 7.01. The molecule has 5 heteroatoms. The molecule has 31 heavy (non-hydrogen) atoms. The van der Waals surface area contributed by atoms with Gasteiger partial charge in [0.1, 0.15) is 5.37 Å². The highest BCUT2D eigenvalue weighted by Gasteiger charge is 2.34. The van der Waals surface area contributed by atoms with Crippen LogP contribution in [0.5, 0.6) is 0 Å². The molecule has 4 nitrogen and oxygen atoms in total. The van der Waals surface area contributed by atoms with Crippen LogP contribution < -0.4 is 10.2 Å². The number of hydrogen-bond donors (Lipinski definition) is 1. The van der Waals surface area contributed by atoms with Crippen molar-refractivity contribution in [2.24, 2.45) is 5.92 Å². The molecule has 0 spiro atoms. The summed E-state index contributed by atoms with van der Waals surface area (Å²) in [5.74, 6) is 1.85. The lowest BCUT2D eigenvalue weighted by molar-refractivity contribution is -0.117. The van der Waals surface area contributed by atoms with Crippen molar-refractivity contribution in [1.29, 1.82) is 0 Å². The first-order chi connectivity index (χ1) is 15.0. The Morgan fingerprint density at radius 1 is 1.13 bits per heavy atom. The van der Waals surface area contributed by atoms with Crippen molar-refractivity contribution < 1.29 is 9.59 Å². The molecule has 1 saturated heterocycles. The zero-order valence-electron chi connectivity index (χ0n) is 18.5. The first-order valence-corrected chi connectivity index (χ1v) is 12.5. The Morgan fingerprint density at radius 2 is 1.87 bits per heavy atom. The maximum atomic E-state index is 12.7. The van der Waals surface area contributed by atoms with Gasteiger partial charge < -0.3 is 5.32 Å². The van der Waals surface area contributed by atoms with E-state index in [2.05, 4.69) is 31.3 Å². The van der Waals surface area contributed by atoms with Gasteiger partial charge in [-0.05, 0) is 53.6 Å². The van der Waals surface area contributed by atoms with E-state index in [0.717, 1.165) is 23.4 Å². The van der Waals surface area contributed by atoms with Crippen LogP contribution in [0.2, 0.25) is 0 Å². The van der Waals surface area contributed by atoms with E-state index in [-0.39, 0.29) is 17.2 Å². The van der Waals surface area contributed by atoms with Crippen molar-refractivity contribution in [3.63, 3.8) is 0 Å². The number of benzene rings is 2. The molecule has 0 radical (unpaired) electrons. The lowest BCUT2D eigenvalue weighted by atomic mass is 10.0. The topological polar surface area (TPSA) is 49.4 Å². The van der Waals surface area contributed by atoms with E-state index in [1.165, 1.54) is 31.2 Å². The van der Waals surface area contributed by atoms with Crippen molar-refractivity contribution >= 4 is 35.0 Å². The third-order valence-electron chi connectivity index (χ3n) is 6.42. The summed E-state index contributed by atoms with van der Waals surface area (Å²) in [7, 11) is 0. The fourth-order valence-corrected chi connectivity index (χ4v) is 5.76. The number of nitrogens with one attached hydrogen (secondary N) is 1. The van der Waals surface area contributed by atoms with Crippen LogP contribution in [0.3, 0.4) is 0 Å². The van der Waals surface area contributed by atoms with Crippen LogP contribution in [0.25, 0.3) is 0 Å². The van der Waals surface area contributed by atoms with Crippen molar-refractivity contribution in [3.05, 3.63) is 59.7 Å². The van der Waals surface area contributed by atoms with Crippen LogP contribution in [0.1, 0.15) is 74.8 Å². The van der Waals surface area contributed by atoms with Crippen LogP contribution in [-0.2, 0) is 9.59 Å². The maximum absolute atomic E-state index is 12.7. The van der Waals surface area contributed by atoms with Crippen LogP contribution in [0.15, 0.2) is 48.5 Å². The Labute approximate surface area is 189 Å². The fraction of sp³-hybridized carbons (Fsp3) is 0.462. The largest absolute Gasteiger partial charge is 0.326 e. The smallest absolute Gasteiger partial charge is 0.238 e. The SMILES string of the molecule is CC(C)c1ccc(N2C(=O)CS[C@H]2c2cccc(NC(=O)CCC3CCCC3)c2)cc1. The molecule has 1 aliphatic carbocycles. The highest BCUT2D eigenvalue weighted by atomic mass is 32.2. The molecule has 2 aliphatic rings. The highest BCUT2D eigenvalue weighted by molar-refractivity contribution is 8.00. The number of nitrogens with zero attached hydrogens (tertiary/aromatic N) is 1. The Morgan fingerprint density at radius 3 is 2.58 bits per heavy atom. The maximum Gasteiger partial charge on any atom is 0.238 e. The van der Waals surface area contributed by atoms with Crippen molar-refractivity contribution in [2.75, 3.05) is 16.0 Å². The minimum Gasteiger partial charge on any atom is -0.326 e. The number of carbonyl (C=O) groups excluding carboxylic acids is 2. The van der Waals surface area contributed by atoms with Crippen molar-refractivity contribution in [3.8, 4) is 0 Å². The summed E-state index contributed by atoms with van der Waals surface area (Å²) < 4.78 is 0. The summed E-state index contributed by atoms with van der Waals surface area (Å²) in [6.45, 7) is 4.34. The quantitative estimate of drug-likeness (QED) is 0.539. The van der Waals surface area contributed by atoms with Gasteiger partial charge in [0, 0.05) is 17.8 Å². The molecule has 1 saturated carbocycles. The molecular weight excluding hydrogens is 404 g/mol. The summed E-state index contributed by atoms with van der Waals surface area (Å²) in [6.07, 6.45) is 6.72. The summed E-state index contributed by atoms with van der Waals surface area (Å²) in [5, 5.41) is 2.99. The summed E-state index contributed by atoms with van der Waals surface area (Å²) in [4.78, 5) is 27.0. The van der Waals surface area contributed by atoms with Crippen molar-refractivity contribution in [1.82, 2.24) is 0 Å². The van der Waals surface area contributed by atoms with E-state index in [4.69, 9.17) is 0 Å². The second kappa shape index (κ2) is 9.90. The van der Waals surface area contributed by atoms with Gasteiger partial charge in [-0.15, -0.1) is 11.8 Å². The number of amides is 2. The molecule has 2 aromatic carbocycles. The standard InChI is InChI=1S/C26H32N2O2S/c1-18(2)20-11-13-23(14-12-20)28-25(30)17-31-26(28)21-8-5-9-22(16-21)27-24(29)15-10-19-6-3-4-7-19/h5,8-9,11-14,16,18-19,26H,3-4,6-7,10,15,17H2,1-2H3,(H,27,29)/t26-/m0/s1. The number of carbonyl (C=O) groups is 2. The predicted molar refractivity (Wildman–Crippen MR) is 129 cm³/mol. The zero-order valence-corrected chi connectivity index (χ0v) is 19.3. The lowest BCUT2D eigenvalue weighted by Gasteiger charge is -2.25. The second-order valence-corrected chi connectivity index (χ2v) is 10.1. The van der Waals surface area contributed by atoms with Crippen molar-refractivity contribution in [2.45, 2.75) is 63.7 Å². The Bertz CT molecular complexity index is 919. The van der Waals surface area contributed by atoms with Gasteiger partial charge in [0.15, 0.2) is 0 Å². The Hall–Kier alpha value is -2.27. The molecule has 1 heterocycles. The lowest BCUT2D eigenvalue weighted by Crippen LogP contribution is -2.27. The normalized spacial score (nSPS) is 19.4. The molecule has 1 atom stereocenters. The van der Waals surface area contributed by atoms with E-state index < -0.39 is 0 Å². The predicted octanol–water partition coefficient (Wildman–Crippen LogP) is 6.50.